The molecule has 0 bridgehead atoms. The first-order chi connectivity index (χ1) is 8.56. The SMILES string of the molecule is CNCC1(O)CCN(c2cccc(C)c2C)CC1. The maximum atomic E-state index is 10.4. The highest BCUT2D eigenvalue weighted by atomic mass is 16.3. The van der Waals surface area contributed by atoms with Crippen LogP contribution in [0.4, 0.5) is 5.69 Å². The predicted octanol–water partition coefficient (Wildman–Crippen LogP) is 1.85. The van der Waals surface area contributed by atoms with Crippen molar-refractivity contribution < 1.29 is 5.11 Å². The van der Waals surface area contributed by atoms with Gasteiger partial charge in [0.2, 0.25) is 0 Å². The van der Waals surface area contributed by atoms with Crippen LogP contribution in [-0.2, 0) is 0 Å². The lowest BCUT2D eigenvalue weighted by atomic mass is 9.90. The maximum absolute atomic E-state index is 10.4. The molecular formula is C15H24N2O. The average molecular weight is 248 g/mol. The largest absolute Gasteiger partial charge is 0.388 e. The van der Waals surface area contributed by atoms with E-state index in [0.29, 0.717) is 6.54 Å². The fraction of sp³-hybridized carbons (Fsp3) is 0.600. The first-order valence-corrected chi connectivity index (χ1v) is 6.74. The quantitative estimate of drug-likeness (QED) is 0.857. The van der Waals surface area contributed by atoms with Crippen LogP contribution in [-0.4, -0.2) is 37.4 Å². The summed E-state index contributed by atoms with van der Waals surface area (Å²) in [4.78, 5) is 2.40. The highest BCUT2D eigenvalue weighted by molar-refractivity contribution is 5.56. The Labute approximate surface area is 110 Å². The summed E-state index contributed by atoms with van der Waals surface area (Å²) in [6.07, 6.45) is 1.67. The third-order valence-corrected chi connectivity index (χ3v) is 4.12. The zero-order valence-electron chi connectivity index (χ0n) is 11.7. The Hall–Kier alpha value is -1.06. The number of piperidine rings is 1. The molecule has 0 atom stereocenters. The van der Waals surface area contributed by atoms with E-state index < -0.39 is 5.60 Å². The summed E-state index contributed by atoms with van der Waals surface area (Å²) in [5, 5.41) is 13.5. The molecule has 0 saturated carbocycles. The molecule has 3 heteroatoms. The van der Waals surface area contributed by atoms with E-state index in [1.54, 1.807) is 0 Å². The fourth-order valence-electron chi connectivity index (χ4n) is 2.75. The lowest BCUT2D eigenvalue weighted by molar-refractivity contribution is 0.0185. The molecular weight excluding hydrogens is 224 g/mol. The molecule has 18 heavy (non-hydrogen) atoms. The van der Waals surface area contributed by atoms with Gasteiger partial charge < -0.3 is 15.3 Å². The Bertz CT molecular complexity index is 409. The summed E-state index contributed by atoms with van der Waals surface area (Å²) in [5.41, 5.74) is 3.49. The molecule has 0 spiro atoms. The van der Waals surface area contributed by atoms with E-state index in [1.165, 1.54) is 16.8 Å². The smallest absolute Gasteiger partial charge is 0.0805 e. The summed E-state index contributed by atoms with van der Waals surface area (Å²) < 4.78 is 0. The monoisotopic (exact) mass is 248 g/mol. The van der Waals surface area contributed by atoms with E-state index in [-0.39, 0.29) is 0 Å². The van der Waals surface area contributed by atoms with Crippen molar-refractivity contribution in [2.45, 2.75) is 32.3 Å². The summed E-state index contributed by atoms with van der Waals surface area (Å²) >= 11 is 0. The number of rotatable bonds is 3. The first kappa shape index (κ1) is 13.4. The van der Waals surface area contributed by atoms with Gasteiger partial charge in [0, 0.05) is 25.3 Å². The standard InChI is InChI=1S/C15H24N2O/c1-12-5-4-6-14(13(12)2)17-9-7-15(18,8-10-17)11-16-3/h4-6,16,18H,7-11H2,1-3H3. The van der Waals surface area contributed by atoms with Crippen LogP contribution in [0.3, 0.4) is 0 Å². The van der Waals surface area contributed by atoms with Gasteiger partial charge in [0.15, 0.2) is 0 Å². The van der Waals surface area contributed by atoms with Gasteiger partial charge in [-0.15, -0.1) is 0 Å². The van der Waals surface area contributed by atoms with Crippen molar-refractivity contribution in [3.05, 3.63) is 29.3 Å². The Balaban J connectivity index is 2.08. The number of aryl methyl sites for hydroxylation is 1. The van der Waals surface area contributed by atoms with E-state index in [0.717, 1.165) is 25.9 Å². The first-order valence-electron chi connectivity index (χ1n) is 6.74. The molecule has 0 aromatic heterocycles. The Kier molecular flexibility index (Phi) is 3.93. The van der Waals surface area contributed by atoms with Gasteiger partial charge in [-0.3, -0.25) is 0 Å². The Morgan fingerprint density at radius 2 is 1.94 bits per heavy atom. The van der Waals surface area contributed by atoms with Crippen molar-refractivity contribution in [2.75, 3.05) is 31.6 Å². The van der Waals surface area contributed by atoms with Crippen LogP contribution < -0.4 is 10.2 Å². The minimum Gasteiger partial charge on any atom is -0.388 e. The molecule has 1 aliphatic heterocycles. The summed E-state index contributed by atoms with van der Waals surface area (Å²) in [7, 11) is 1.90. The van der Waals surface area contributed by atoms with E-state index in [1.807, 2.05) is 7.05 Å². The number of nitrogens with zero attached hydrogens (tertiary/aromatic N) is 1. The van der Waals surface area contributed by atoms with Gasteiger partial charge in [-0.05, 0) is 50.9 Å². The molecule has 1 saturated heterocycles. The average Bonchev–Trinajstić information content (AvgIpc) is 2.34. The Morgan fingerprint density at radius 1 is 1.28 bits per heavy atom. The number of hydrogen-bond acceptors (Lipinski definition) is 3. The van der Waals surface area contributed by atoms with Crippen LogP contribution in [0.15, 0.2) is 18.2 Å². The molecule has 100 valence electrons. The predicted molar refractivity (Wildman–Crippen MR) is 76.2 cm³/mol. The van der Waals surface area contributed by atoms with Crippen molar-refractivity contribution in [2.24, 2.45) is 0 Å². The molecule has 2 rings (SSSR count). The third-order valence-electron chi connectivity index (χ3n) is 4.12. The zero-order chi connectivity index (χ0) is 13.2. The molecule has 1 heterocycles. The molecule has 0 radical (unpaired) electrons. The van der Waals surface area contributed by atoms with Crippen molar-refractivity contribution in [1.82, 2.24) is 5.32 Å². The topological polar surface area (TPSA) is 35.5 Å². The van der Waals surface area contributed by atoms with Crippen molar-refractivity contribution in [3.8, 4) is 0 Å². The van der Waals surface area contributed by atoms with Gasteiger partial charge >= 0.3 is 0 Å². The summed E-state index contributed by atoms with van der Waals surface area (Å²) in [6.45, 7) is 6.89. The van der Waals surface area contributed by atoms with Gasteiger partial charge in [-0.25, -0.2) is 0 Å². The molecule has 1 aromatic rings. The molecule has 0 amide bonds. The highest BCUT2D eigenvalue weighted by Crippen LogP contribution is 2.29. The number of aliphatic hydroxyl groups is 1. The Morgan fingerprint density at radius 3 is 2.56 bits per heavy atom. The van der Waals surface area contributed by atoms with Crippen LogP contribution in [0.2, 0.25) is 0 Å². The summed E-state index contributed by atoms with van der Waals surface area (Å²) in [5.74, 6) is 0. The minimum absolute atomic E-state index is 0.525. The maximum Gasteiger partial charge on any atom is 0.0805 e. The molecule has 3 nitrogen and oxygen atoms in total. The van der Waals surface area contributed by atoms with Crippen LogP contribution in [0.25, 0.3) is 0 Å². The lowest BCUT2D eigenvalue weighted by Crippen LogP contribution is -2.49. The molecule has 0 unspecified atom stereocenters. The minimum atomic E-state index is -0.525. The summed E-state index contributed by atoms with van der Waals surface area (Å²) in [6, 6.07) is 6.46. The number of benzene rings is 1. The molecule has 2 N–H and O–H groups in total. The van der Waals surface area contributed by atoms with E-state index >= 15 is 0 Å². The molecule has 0 aliphatic carbocycles. The van der Waals surface area contributed by atoms with Gasteiger partial charge in [-0.1, -0.05) is 12.1 Å². The number of nitrogens with one attached hydrogen (secondary N) is 1. The van der Waals surface area contributed by atoms with Gasteiger partial charge in [-0.2, -0.15) is 0 Å². The highest BCUT2D eigenvalue weighted by Gasteiger charge is 2.31. The molecule has 1 fully saturated rings. The molecule has 1 aliphatic rings. The van der Waals surface area contributed by atoms with Crippen molar-refractivity contribution in [1.29, 1.82) is 0 Å². The fourth-order valence-corrected chi connectivity index (χ4v) is 2.75. The van der Waals surface area contributed by atoms with Crippen LogP contribution >= 0.6 is 0 Å². The van der Waals surface area contributed by atoms with Crippen LogP contribution in [0, 0.1) is 13.8 Å². The zero-order valence-corrected chi connectivity index (χ0v) is 11.7. The number of likely N-dealkylation sites (N-methyl/N-ethyl adjacent to an activating group) is 1. The van der Waals surface area contributed by atoms with Gasteiger partial charge in [0.1, 0.15) is 0 Å². The third kappa shape index (κ3) is 2.68. The van der Waals surface area contributed by atoms with Crippen LogP contribution in [0.1, 0.15) is 24.0 Å². The second kappa shape index (κ2) is 5.29. The van der Waals surface area contributed by atoms with Crippen molar-refractivity contribution >= 4 is 5.69 Å². The van der Waals surface area contributed by atoms with E-state index in [4.69, 9.17) is 0 Å². The normalized spacial score (nSPS) is 19.0. The van der Waals surface area contributed by atoms with Gasteiger partial charge in [0.25, 0.3) is 0 Å². The van der Waals surface area contributed by atoms with E-state index in [2.05, 4.69) is 42.3 Å². The molecule has 1 aromatic carbocycles. The number of hydrogen-bond donors (Lipinski definition) is 2. The number of anilines is 1. The second-order valence-electron chi connectivity index (χ2n) is 5.46. The van der Waals surface area contributed by atoms with E-state index in [9.17, 15) is 5.11 Å². The van der Waals surface area contributed by atoms with Crippen LogP contribution in [0.5, 0.6) is 0 Å². The second-order valence-corrected chi connectivity index (χ2v) is 5.46. The lowest BCUT2D eigenvalue weighted by Gasteiger charge is -2.40. The van der Waals surface area contributed by atoms with Gasteiger partial charge in [0.05, 0.1) is 5.60 Å². The van der Waals surface area contributed by atoms with Crippen molar-refractivity contribution in [3.63, 3.8) is 0 Å².